The van der Waals surface area contributed by atoms with Crippen LogP contribution in [-0.2, 0) is 4.74 Å². The van der Waals surface area contributed by atoms with Gasteiger partial charge in [-0.15, -0.1) is 0 Å². The molecule has 0 aliphatic heterocycles. The van der Waals surface area contributed by atoms with Crippen LogP contribution in [0.3, 0.4) is 0 Å². The van der Waals surface area contributed by atoms with Crippen molar-refractivity contribution in [3.63, 3.8) is 0 Å². The molecule has 0 atom stereocenters. The lowest BCUT2D eigenvalue weighted by Gasteiger charge is -2.34. The van der Waals surface area contributed by atoms with Gasteiger partial charge in [0.1, 0.15) is 0 Å². The van der Waals surface area contributed by atoms with E-state index in [4.69, 9.17) is 0 Å². The first-order valence-electron chi connectivity index (χ1n) is 4.88. The van der Waals surface area contributed by atoms with Crippen LogP contribution in [-0.4, -0.2) is 17.9 Å². The molecule has 0 amide bonds. The molecule has 0 spiro atoms. The highest BCUT2D eigenvalue weighted by atomic mass is 19.4. The number of rotatable bonds is 3. The predicted octanol–water partition coefficient (Wildman–Crippen LogP) is 4.55. The summed E-state index contributed by atoms with van der Waals surface area (Å²) in [5.74, 6) is -3.29. The van der Waals surface area contributed by atoms with Gasteiger partial charge in [0.15, 0.2) is 5.60 Å². The summed E-state index contributed by atoms with van der Waals surface area (Å²) in [6.07, 6.45) is -15.6. The average Bonchev–Trinajstić information content (AvgIpc) is 2.64. The van der Waals surface area contributed by atoms with Crippen molar-refractivity contribution in [2.75, 3.05) is 0 Å². The molecular formula is C9H8F8O. The van der Waals surface area contributed by atoms with E-state index in [9.17, 15) is 35.1 Å². The highest BCUT2D eigenvalue weighted by Gasteiger charge is 2.62. The zero-order valence-corrected chi connectivity index (χ0v) is 8.76. The summed E-state index contributed by atoms with van der Waals surface area (Å²) in [5, 5.41) is 0. The van der Waals surface area contributed by atoms with Gasteiger partial charge in [0.25, 0.3) is 5.83 Å². The van der Waals surface area contributed by atoms with Gasteiger partial charge in [0.2, 0.25) is 0 Å². The van der Waals surface area contributed by atoms with Gasteiger partial charge in [-0.1, -0.05) is 12.8 Å². The fourth-order valence-corrected chi connectivity index (χ4v) is 1.79. The summed E-state index contributed by atoms with van der Waals surface area (Å²) < 4.78 is 103. The summed E-state index contributed by atoms with van der Waals surface area (Å²) in [5.41, 5.74) is -3.27. The fourth-order valence-electron chi connectivity index (χ4n) is 1.79. The van der Waals surface area contributed by atoms with Gasteiger partial charge in [-0.2, -0.15) is 35.1 Å². The minimum atomic E-state index is -5.29. The lowest BCUT2D eigenvalue weighted by Crippen LogP contribution is -2.49. The van der Waals surface area contributed by atoms with E-state index >= 15 is 0 Å². The normalized spacial score (nSPS) is 20.0. The SMILES string of the molecule is FC(F)=C(F)C(F)(F)OC1(C(F)(F)F)CCCC1. The first kappa shape index (κ1) is 15.2. The molecule has 0 N–H and O–H groups in total. The molecule has 0 saturated heterocycles. The first-order chi connectivity index (χ1) is 8.02. The molecule has 0 unspecified atom stereocenters. The van der Waals surface area contributed by atoms with Crippen LogP contribution >= 0.6 is 0 Å². The average molecular weight is 284 g/mol. The van der Waals surface area contributed by atoms with Crippen LogP contribution < -0.4 is 0 Å². The Morgan fingerprint density at radius 3 is 1.67 bits per heavy atom. The van der Waals surface area contributed by atoms with Crippen molar-refractivity contribution in [1.29, 1.82) is 0 Å². The van der Waals surface area contributed by atoms with Crippen molar-refractivity contribution in [1.82, 2.24) is 0 Å². The summed E-state index contributed by atoms with van der Waals surface area (Å²) in [4.78, 5) is 0. The van der Waals surface area contributed by atoms with Crippen molar-refractivity contribution in [3.05, 3.63) is 11.9 Å². The minimum Gasteiger partial charge on any atom is -0.298 e. The molecule has 0 aromatic rings. The van der Waals surface area contributed by atoms with Gasteiger partial charge in [-0.05, 0) is 12.8 Å². The van der Waals surface area contributed by atoms with E-state index in [0.29, 0.717) is 0 Å². The van der Waals surface area contributed by atoms with E-state index in [-0.39, 0.29) is 12.8 Å². The molecule has 0 radical (unpaired) electrons. The Kier molecular flexibility index (Phi) is 3.94. The maximum absolute atomic E-state index is 12.9. The summed E-state index contributed by atoms with van der Waals surface area (Å²) >= 11 is 0. The first-order valence-corrected chi connectivity index (χ1v) is 4.88. The van der Waals surface area contributed by atoms with Crippen LogP contribution in [0.4, 0.5) is 35.1 Å². The Hall–Kier alpha value is -0.860. The van der Waals surface area contributed by atoms with Crippen LogP contribution in [0.15, 0.2) is 11.9 Å². The molecule has 1 saturated carbocycles. The molecule has 1 fully saturated rings. The minimum absolute atomic E-state index is 0.0565. The van der Waals surface area contributed by atoms with Crippen molar-refractivity contribution < 1.29 is 39.9 Å². The zero-order chi connectivity index (χ0) is 14.2. The van der Waals surface area contributed by atoms with E-state index in [1.807, 2.05) is 0 Å². The predicted molar refractivity (Wildman–Crippen MR) is 43.6 cm³/mol. The Morgan fingerprint density at radius 1 is 0.889 bits per heavy atom. The van der Waals surface area contributed by atoms with E-state index in [1.54, 1.807) is 0 Å². The summed E-state index contributed by atoms with van der Waals surface area (Å²) in [6.45, 7) is 0. The lowest BCUT2D eigenvalue weighted by atomic mass is 10.0. The third-order valence-electron chi connectivity index (χ3n) is 2.67. The molecular weight excluding hydrogens is 276 g/mol. The number of halogens is 8. The van der Waals surface area contributed by atoms with Crippen LogP contribution in [0.5, 0.6) is 0 Å². The highest BCUT2D eigenvalue weighted by Crippen LogP contribution is 2.50. The Balaban J connectivity index is 3.03. The number of alkyl halides is 5. The fraction of sp³-hybridized carbons (Fsp3) is 0.778. The van der Waals surface area contributed by atoms with Crippen molar-refractivity contribution in [2.24, 2.45) is 0 Å². The van der Waals surface area contributed by atoms with Crippen molar-refractivity contribution in [2.45, 2.75) is 43.6 Å². The molecule has 1 aliphatic rings. The Labute approximate surface area is 96.4 Å². The second kappa shape index (κ2) is 4.67. The van der Waals surface area contributed by atoms with Gasteiger partial charge in [0.05, 0.1) is 0 Å². The lowest BCUT2D eigenvalue weighted by molar-refractivity contribution is -0.360. The monoisotopic (exact) mass is 284 g/mol. The molecule has 1 nitrogen and oxygen atoms in total. The van der Waals surface area contributed by atoms with Crippen LogP contribution in [0, 0.1) is 0 Å². The smallest absolute Gasteiger partial charge is 0.298 e. The molecule has 9 heteroatoms. The second-order valence-corrected chi connectivity index (χ2v) is 3.89. The molecule has 0 bridgehead atoms. The number of ether oxygens (including phenoxy) is 1. The highest BCUT2D eigenvalue weighted by molar-refractivity contribution is 5.03. The Morgan fingerprint density at radius 2 is 1.33 bits per heavy atom. The molecule has 0 heterocycles. The second-order valence-electron chi connectivity index (χ2n) is 3.89. The topological polar surface area (TPSA) is 9.23 Å². The largest absolute Gasteiger partial charge is 0.417 e. The third kappa shape index (κ3) is 2.76. The van der Waals surface area contributed by atoms with Gasteiger partial charge in [0, 0.05) is 0 Å². The van der Waals surface area contributed by atoms with Crippen molar-refractivity contribution in [3.8, 4) is 0 Å². The van der Waals surface area contributed by atoms with Crippen LogP contribution in [0.1, 0.15) is 25.7 Å². The summed E-state index contributed by atoms with van der Waals surface area (Å²) in [6, 6.07) is 0. The Bertz CT molecular complexity index is 335. The third-order valence-corrected chi connectivity index (χ3v) is 2.67. The van der Waals surface area contributed by atoms with E-state index in [0.717, 1.165) is 0 Å². The van der Waals surface area contributed by atoms with Crippen molar-refractivity contribution >= 4 is 0 Å². The maximum Gasteiger partial charge on any atom is 0.417 e. The van der Waals surface area contributed by atoms with Gasteiger partial charge in [-0.3, -0.25) is 4.74 Å². The van der Waals surface area contributed by atoms with Gasteiger partial charge in [-0.25, -0.2) is 0 Å². The van der Waals surface area contributed by atoms with Crippen LogP contribution in [0.2, 0.25) is 0 Å². The number of hydrogen-bond acceptors (Lipinski definition) is 1. The quantitative estimate of drug-likeness (QED) is 0.691. The van der Waals surface area contributed by atoms with Gasteiger partial charge < -0.3 is 0 Å². The molecule has 0 aromatic carbocycles. The maximum atomic E-state index is 12.9. The van der Waals surface area contributed by atoms with E-state index in [1.165, 1.54) is 0 Å². The number of hydrogen-bond donors (Lipinski definition) is 0. The molecule has 18 heavy (non-hydrogen) atoms. The molecule has 0 aromatic heterocycles. The van der Waals surface area contributed by atoms with Crippen LogP contribution in [0.25, 0.3) is 0 Å². The molecule has 106 valence electrons. The standard InChI is InChI=1S/C9H8F8O/c10-5(6(11)12)8(13,14)18-7(9(15,16)17)3-1-2-4-7/h1-4H2. The van der Waals surface area contributed by atoms with E-state index < -0.39 is 42.6 Å². The van der Waals surface area contributed by atoms with E-state index in [2.05, 4.69) is 4.74 Å². The molecule has 1 aliphatic carbocycles. The zero-order valence-electron chi connectivity index (χ0n) is 8.76. The molecule has 1 rings (SSSR count). The van der Waals surface area contributed by atoms with Gasteiger partial charge >= 0.3 is 18.4 Å². The summed E-state index contributed by atoms with van der Waals surface area (Å²) in [7, 11) is 0.